The second-order valence-corrected chi connectivity index (χ2v) is 2.79. The normalized spacial score (nSPS) is 25.3. The molecule has 0 unspecified atom stereocenters. The lowest BCUT2D eigenvalue weighted by molar-refractivity contribution is 0.118. The maximum Gasteiger partial charge on any atom is 0.0704 e. The Hall–Kier alpha value is -0.570. The zero-order valence-electron chi connectivity index (χ0n) is 7.29. The Morgan fingerprint density at radius 3 is 3.18 bits per heavy atom. The highest BCUT2D eigenvalue weighted by Crippen LogP contribution is 2.16. The van der Waals surface area contributed by atoms with Crippen molar-refractivity contribution >= 4 is 6.21 Å². The van der Waals surface area contributed by atoms with E-state index in [1.807, 2.05) is 13.1 Å². The van der Waals surface area contributed by atoms with Gasteiger partial charge in [0, 0.05) is 19.9 Å². The molecule has 0 aliphatic carbocycles. The van der Waals surface area contributed by atoms with Gasteiger partial charge >= 0.3 is 0 Å². The van der Waals surface area contributed by atoms with E-state index in [4.69, 9.17) is 4.74 Å². The van der Waals surface area contributed by atoms with E-state index < -0.39 is 0 Å². The molecule has 1 rings (SSSR count). The van der Waals surface area contributed by atoms with Crippen molar-refractivity contribution in [2.45, 2.75) is 25.8 Å². The van der Waals surface area contributed by atoms with Gasteiger partial charge < -0.3 is 4.74 Å². The van der Waals surface area contributed by atoms with E-state index in [2.05, 4.69) is 10.1 Å². The fourth-order valence-electron chi connectivity index (χ4n) is 1.48. The van der Waals surface area contributed by atoms with Crippen LogP contribution < -0.4 is 0 Å². The molecule has 1 fully saturated rings. The van der Waals surface area contributed by atoms with Crippen molar-refractivity contribution in [2.75, 3.05) is 20.3 Å². The van der Waals surface area contributed by atoms with E-state index in [9.17, 15) is 0 Å². The van der Waals surface area contributed by atoms with E-state index in [1.165, 1.54) is 12.8 Å². The van der Waals surface area contributed by atoms with Gasteiger partial charge in [-0.05, 0) is 19.8 Å². The molecule has 0 aromatic rings. The summed E-state index contributed by atoms with van der Waals surface area (Å²) in [6, 6.07) is 0.510. The molecule has 0 amide bonds. The number of hydrogen-bond donors (Lipinski definition) is 0. The number of ether oxygens (including phenoxy) is 1. The first kappa shape index (κ1) is 8.53. The predicted octanol–water partition coefficient (Wildman–Crippen LogP) is 1.10. The monoisotopic (exact) mass is 156 g/mol. The molecule has 0 radical (unpaired) electrons. The summed E-state index contributed by atoms with van der Waals surface area (Å²) in [5, 5.41) is 6.37. The Kier molecular flexibility index (Phi) is 3.36. The molecule has 0 aromatic heterocycles. The highest BCUT2D eigenvalue weighted by atomic mass is 16.5. The van der Waals surface area contributed by atoms with Crippen molar-refractivity contribution in [2.24, 2.45) is 5.10 Å². The Labute approximate surface area is 68.0 Å². The number of nitrogens with zero attached hydrogens (tertiary/aromatic N) is 2. The van der Waals surface area contributed by atoms with Crippen LogP contribution in [0.3, 0.4) is 0 Å². The van der Waals surface area contributed by atoms with Crippen molar-refractivity contribution in [1.82, 2.24) is 5.01 Å². The Morgan fingerprint density at radius 2 is 2.55 bits per heavy atom. The van der Waals surface area contributed by atoms with Gasteiger partial charge in [-0.15, -0.1) is 0 Å². The maximum absolute atomic E-state index is 5.09. The maximum atomic E-state index is 5.09. The van der Waals surface area contributed by atoms with Crippen molar-refractivity contribution < 1.29 is 4.74 Å². The van der Waals surface area contributed by atoms with Crippen LogP contribution in [0.15, 0.2) is 5.10 Å². The summed E-state index contributed by atoms with van der Waals surface area (Å²) in [5.74, 6) is 0. The molecule has 11 heavy (non-hydrogen) atoms. The lowest BCUT2D eigenvalue weighted by Crippen LogP contribution is -2.28. The molecular formula is C8H16N2O. The number of rotatable bonds is 3. The molecule has 1 saturated heterocycles. The summed E-state index contributed by atoms with van der Waals surface area (Å²) in [7, 11) is 1.74. The standard InChI is InChI=1S/C8H16N2O/c1-3-9-10-6-4-5-8(10)7-11-2/h3,8H,4-7H2,1-2H3/b9-3-/t8-/m0/s1. The summed E-state index contributed by atoms with van der Waals surface area (Å²) in [4.78, 5) is 0. The van der Waals surface area contributed by atoms with E-state index >= 15 is 0 Å². The zero-order valence-corrected chi connectivity index (χ0v) is 7.29. The van der Waals surface area contributed by atoms with Crippen LogP contribution in [-0.4, -0.2) is 37.5 Å². The van der Waals surface area contributed by atoms with Gasteiger partial charge in [-0.25, -0.2) is 0 Å². The van der Waals surface area contributed by atoms with Gasteiger partial charge in [0.2, 0.25) is 0 Å². The predicted molar refractivity (Wildman–Crippen MR) is 45.8 cm³/mol. The van der Waals surface area contributed by atoms with Crippen LogP contribution in [0.5, 0.6) is 0 Å². The lowest BCUT2D eigenvalue weighted by Gasteiger charge is -2.19. The van der Waals surface area contributed by atoms with E-state index in [-0.39, 0.29) is 0 Å². The molecule has 0 bridgehead atoms. The molecule has 1 atom stereocenters. The van der Waals surface area contributed by atoms with Gasteiger partial charge in [0.05, 0.1) is 12.6 Å². The van der Waals surface area contributed by atoms with Crippen molar-refractivity contribution in [3.63, 3.8) is 0 Å². The third-order valence-corrected chi connectivity index (χ3v) is 1.97. The van der Waals surface area contributed by atoms with Gasteiger partial charge in [0.25, 0.3) is 0 Å². The number of hydrazone groups is 1. The van der Waals surface area contributed by atoms with Gasteiger partial charge in [-0.3, -0.25) is 5.01 Å². The Balaban J connectivity index is 2.37. The lowest BCUT2D eigenvalue weighted by atomic mass is 10.2. The average molecular weight is 156 g/mol. The fraction of sp³-hybridized carbons (Fsp3) is 0.875. The third kappa shape index (κ3) is 2.19. The second-order valence-electron chi connectivity index (χ2n) is 2.79. The fourth-order valence-corrected chi connectivity index (χ4v) is 1.48. The minimum Gasteiger partial charge on any atom is -0.382 e. The molecule has 0 aromatic carbocycles. The first-order valence-electron chi connectivity index (χ1n) is 4.12. The molecule has 1 aliphatic rings. The van der Waals surface area contributed by atoms with Crippen LogP contribution in [0.4, 0.5) is 0 Å². The first-order valence-corrected chi connectivity index (χ1v) is 4.12. The average Bonchev–Trinajstić information content (AvgIpc) is 2.39. The summed E-state index contributed by atoms with van der Waals surface area (Å²) in [5.41, 5.74) is 0. The van der Waals surface area contributed by atoms with Crippen molar-refractivity contribution in [1.29, 1.82) is 0 Å². The SMILES string of the molecule is C/C=N\N1CCC[C@H]1COC. The quantitative estimate of drug-likeness (QED) is 0.572. The van der Waals surface area contributed by atoms with Crippen LogP contribution in [0.1, 0.15) is 19.8 Å². The van der Waals surface area contributed by atoms with Crippen LogP contribution in [-0.2, 0) is 4.74 Å². The minimum atomic E-state index is 0.510. The van der Waals surface area contributed by atoms with Crippen LogP contribution in [0.25, 0.3) is 0 Å². The Morgan fingerprint density at radius 1 is 1.73 bits per heavy atom. The number of hydrogen-bond acceptors (Lipinski definition) is 3. The third-order valence-electron chi connectivity index (χ3n) is 1.97. The highest BCUT2D eigenvalue weighted by molar-refractivity contribution is 5.52. The molecule has 3 nitrogen and oxygen atoms in total. The molecule has 0 saturated carbocycles. The zero-order chi connectivity index (χ0) is 8.10. The second kappa shape index (κ2) is 4.34. The van der Waals surface area contributed by atoms with Gasteiger partial charge in [0.15, 0.2) is 0 Å². The molecular weight excluding hydrogens is 140 g/mol. The molecule has 64 valence electrons. The molecule has 1 heterocycles. The topological polar surface area (TPSA) is 24.8 Å². The van der Waals surface area contributed by atoms with Crippen molar-refractivity contribution in [3.05, 3.63) is 0 Å². The van der Waals surface area contributed by atoms with Gasteiger partial charge in [0.1, 0.15) is 0 Å². The Bertz CT molecular complexity index is 136. The summed E-state index contributed by atoms with van der Waals surface area (Å²) < 4.78 is 5.09. The first-order chi connectivity index (χ1) is 5.38. The van der Waals surface area contributed by atoms with E-state index in [0.29, 0.717) is 6.04 Å². The summed E-state index contributed by atoms with van der Waals surface area (Å²) in [6.45, 7) is 3.83. The molecule has 0 spiro atoms. The van der Waals surface area contributed by atoms with E-state index in [1.54, 1.807) is 7.11 Å². The van der Waals surface area contributed by atoms with Gasteiger partial charge in [-0.1, -0.05) is 0 Å². The molecule has 0 N–H and O–H groups in total. The van der Waals surface area contributed by atoms with Crippen molar-refractivity contribution in [3.8, 4) is 0 Å². The minimum absolute atomic E-state index is 0.510. The van der Waals surface area contributed by atoms with Gasteiger partial charge in [-0.2, -0.15) is 5.10 Å². The summed E-state index contributed by atoms with van der Waals surface area (Å²) >= 11 is 0. The van der Waals surface area contributed by atoms with E-state index in [0.717, 1.165) is 13.2 Å². The van der Waals surface area contributed by atoms with Crippen LogP contribution in [0, 0.1) is 0 Å². The molecule has 1 aliphatic heterocycles. The smallest absolute Gasteiger partial charge is 0.0704 e. The van der Waals surface area contributed by atoms with Crippen LogP contribution >= 0.6 is 0 Å². The largest absolute Gasteiger partial charge is 0.382 e. The van der Waals surface area contributed by atoms with Crippen LogP contribution in [0.2, 0.25) is 0 Å². The number of methoxy groups -OCH3 is 1. The highest BCUT2D eigenvalue weighted by Gasteiger charge is 2.21. The summed E-state index contributed by atoms with van der Waals surface area (Å²) in [6.07, 6.45) is 4.30. The molecule has 3 heteroatoms.